The number of phenolic OH excluding ortho intramolecular Hbond substituents is 1. The number of nitrogens with one attached hydrogen (secondary N) is 1. The molecule has 0 radical (unpaired) electrons. The summed E-state index contributed by atoms with van der Waals surface area (Å²) < 4.78 is 7.36. The zero-order valence-corrected chi connectivity index (χ0v) is 21.2. The normalized spacial score (nSPS) is 11.2. The molecule has 0 aliphatic carbocycles. The van der Waals surface area contributed by atoms with E-state index in [9.17, 15) is 9.90 Å². The number of hydrogen-bond acceptors (Lipinski definition) is 4. The average molecular weight is 560 g/mol. The third kappa shape index (κ3) is 6.20. The Morgan fingerprint density at radius 1 is 1.12 bits per heavy atom. The molecule has 0 atom stereocenters. The summed E-state index contributed by atoms with van der Waals surface area (Å²) in [6.07, 6.45) is 1.39. The Morgan fingerprint density at radius 3 is 2.53 bits per heavy atom. The number of halogens is 2. The van der Waals surface area contributed by atoms with Gasteiger partial charge >= 0.3 is 0 Å². The summed E-state index contributed by atoms with van der Waals surface area (Å²) in [4.78, 5) is 12.4. The van der Waals surface area contributed by atoms with E-state index in [1.54, 1.807) is 24.3 Å². The molecule has 1 amide bonds. The van der Waals surface area contributed by atoms with E-state index < -0.39 is 0 Å². The number of aromatic hydroxyl groups is 1. The van der Waals surface area contributed by atoms with Gasteiger partial charge in [-0.05, 0) is 75.8 Å². The Bertz CT molecular complexity index is 1140. The third-order valence-electron chi connectivity index (χ3n) is 4.83. The summed E-state index contributed by atoms with van der Waals surface area (Å²) in [6.45, 7) is 6.75. The van der Waals surface area contributed by atoms with Gasteiger partial charge in [0.15, 0.2) is 0 Å². The van der Waals surface area contributed by atoms with Crippen LogP contribution >= 0.6 is 31.9 Å². The first-order valence-electron chi connectivity index (χ1n) is 10.1. The van der Waals surface area contributed by atoms with Crippen molar-refractivity contribution in [3.63, 3.8) is 0 Å². The Labute approximate surface area is 204 Å². The molecule has 166 valence electrons. The summed E-state index contributed by atoms with van der Waals surface area (Å²) in [6, 6.07) is 16.9. The lowest BCUT2D eigenvalue weighted by atomic mass is 10.0. The van der Waals surface area contributed by atoms with Gasteiger partial charge in [-0.25, -0.2) is 5.43 Å². The molecule has 7 heteroatoms. The molecule has 32 heavy (non-hydrogen) atoms. The summed E-state index contributed by atoms with van der Waals surface area (Å²) in [5.41, 5.74) is 6.71. The highest BCUT2D eigenvalue weighted by molar-refractivity contribution is 9.11. The molecule has 2 N–H and O–H groups in total. The maximum atomic E-state index is 12.4. The van der Waals surface area contributed by atoms with Gasteiger partial charge in [-0.3, -0.25) is 4.79 Å². The predicted molar refractivity (Wildman–Crippen MR) is 135 cm³/mol. The van der Waals surface area contributed by atoms with Gasteiger partial charge in [0.05, 0.1) is 10.7 Å². The summed E-state index contributed by atoms with van der Waals surface area (Å²) in [7, 11) is 0. The van der Waals surface area contributed by atoms with Crippen molar-refractivity contribution in [2.45, 2.75) is 33.3 Å². The van der Waals surface area contributed by atoms with E-state index in [0.717, 1.165) is 21.3 Å². The van der Waals surface area contributed by atoms with Crippen LogP contribution in [-0.2, 0) is 6.61 Å². The third-order valence-corrected chi connectivity index (χ3v) is 5.89. The number of ether oxygens (including phenoxy) is 1. The van der Waals surface area contributed by atoms with E-state index in [1.807, 2.05) is 19.1 Å². The number of benzene rings is 3. The van der Waals surface area contributed by atoms with Crippen molar-refractivity contribution in [1.82, 2.24) is 5.43 Å². The van der Waals surface area contributed by atoms with Gasteiger partial charge in [0.1, 0.15) is 18.1 Å². The van der Waals surface area contributed by atoms with Crippen molar-refractivity contribution in [2.24, 2.45) is 5.10 Å². The second-order valence-corrected chi connectivity index (χ2v) is 9.48. The minimum absolute atomic E-state index is 0.0461. The van der Waals surface area contributed by atoms with Crippen LogP contribution < -0.4 is 10.2 Å². The molecule has 0 aliphatic rings. The molecular formula is C25H24Br2N2O3. The van der Waals surface area contributed by atoms with Gasteiger partial charge in [0, 0.05) is 15.6 Å². The van der Waals surface area contributed by atoms with Crippen molar-refractivity contribution in [1.29, 1.82) is 0 Å². The Hall–Kier alpha value is -2.64. The number of carbonyl (C=O) groups is 1. The molecule has 0 fully saturated rings. The lowest BCUT2D eigenvalue weighted by molar-refractivity contribution is 0.0955. The van der Waals surface area contributed by atoms with Crippen LogP contribution in [0.25, 0.3) is 0 Å². The molecule has 0 aromatic heterocycles. The van der Waals surface area contributed by atoms with Crippen molar-refractivity contribution < 1.29 is 14.6 Å². The number of aryl methyl sites for hydroxylation is 1. The number of rotatable bonds is 7. The monoisotopic (exact) mass is 558 g/mol. The number of nitrogens with zero attached hydrogens (tertiary/aromatic N) is 1. The van der Waals surface area contributed by atoms with Gasteiger partial charge in [-0.1, -0.05) is 54.0 Å². The molecule has 0 spiro atoms. The molecule has 5 nitrogen and oxygen atoms in total. The number of amides is 1. The second kappa shape index (κ2) is 10.8. The molecule has 0 unspecified atom stereocenters. The summed E-state index contributed by atoms with van der Waals surface area (Å²) in [5.74, 6) is 0.962. The van der Waals surface area contributed by atoms with Gasteiger partial charge in [-0.15, -0.1) is 0 Å². The molecule has 3 rings (SSSR count). The van der Waals surface area contributed by atoms with Crippen LogP contribution in [-0.4, -0.2) is 17.2 Å². The van der Waals surface area contributed by atoms with Crippen LogP contribution in [0, 0.1) is 6.92 Å². The largest absolute Gasteiger partial charge is 0.506 e. The SMILES string of the molecule is Cc1ccc(C(C)C)c(OCc2ccc(C(=O)N/N=C/c3cc(Br)cc(Br)c3O)cc2)c1. The first kappa shape index (κ1) is 24.0. The molecule has 3 aromatic carbocycles. The van der Waals surface area contributed by atoms with Crippen LogP contribution in [0.1, 0.15) is 52.4 Å². The Kier molecular flexibility index (Phi) is 8.10. The van der Waals surface area contributed by atoms with E-state index in [1.165, 1.54) is 11.8 Å². The minimum atomic E-state index is -0.344. The molecular weight excluding hydrogens is 536 g/mol. The zero-order chi connectivity index (χ0) is 23.3. The second-order valence-electron chi connectivity index (χ2n) is 7.71. The Balaban J connectivity index is 1.61. The fourth-order valence-electron chi connectivity index (χ4n) is 3.07. The van der Waals surface area contributed by atoms with E-state index >= 15 is 0 Å². The lowest BCUT2D eigenvalue weighted by Crippen LogP contribution is -2.17. The van der Waals surface area contributed by atoms with E-state index in [-0.39, 0.29) is 11.7 Å². The van der Waals surface area contributed by atoms with E-state index in [0.29, 0.717) is 28.1 Å². The van der Waals surface area contributed by atoms with Crippen LogP contribution in [0.5, 0.6) is 11.5 Å². The summed E-state index contributed by atoms with van der Waals surface area (Å²) in [5, 5.41) is 14.0. The molecule has 0 bridgehead atoms. The Morgan fingerprint density at radius 2 is 1.84 bits per heavy atom. The zero-order valence-electron chi connectivity index (χ0n) is 18.0. The average Bonchev–Trinajstić information content (AvgIpc) is 2.75. The molecule has 0 saturated heterocycles. The fourth-order valence-corrected chi connectivity index (χ4v) is 4.32. The quantitative estimate of drug-likeness (QED) is 0.250. The highest BCUT2D eigenvalue weighted by Gasteiger charge is 2.10. The van der Waals surface area contributed by atoms with Crippen molar-refractivity contribution in [3.05, 3.63) is 91.4 Å². The van der Waals surface area contributed by atoms with Gasteiger partial charge < -0.3 is 9.84 Å². The van der Waals surface area contributed by atoms with Crippen molar-refractivity contribution in [2.75, 3.05) is 0 Å². The van der Waals surface area contributed by atoms with Gasteiger partial charge in [-0.2, -0.15) is 5.10 Å². The van der Waals surface area contributed by atoms with Crippen molar-refractivity contribution >= 4 is 44.0 Å². The molecule has 0 heterocycles. The van der Waals surface area contributed by atoms with Crippen LogP contribution in [0.2, 0.25) is 0 Å². The van der Waals surface area contributed by atoms with Gasteiger partial charge in [0.2, 0.25) is 0 Å². The first-order chi connectivity index (χ1) is 15.2. The molecule has 3 aromatic rings. The smallest absolute Gasteiger partial charge is 0.271 e. The van der Waals surface area contributed by atoms with Crippen LogP contribution in [0.15, 0.2) is 68.6 Å². The first-order valence-corrected chi connectivity index (χ1v) is 11.7. The lowest BCUT2D eigenvalue weighted by Gasteiger charge is -2.15. The maximum absolute atomic E-state index is 12.4. The maximum Gasteiger partial charge on any atom is 0.271 e. The number of carbonyl (C=O) groups excluding carboxylic acids is 1. The van der Waals surface area contributed by atoms with Crippen LogP contribution in [0.4, 0.5) is 0 Å². The van der Waals surface area contributed by atoms with Crippen LogP contribution in [0.3, 0.4) is 0 Å². The highest BCUT2D eigenvalue weighted by atomic mass is 79.9. The highest BCUT2D eigenvalue weighted by Crippen LogP contribution is 2.30. The summed E-state index contributed by atoms with van der Waals surface area (Å²) >= 11 is 6.62. The standard InChI is InChI=1S/C25H24Br2N2O3/c1-15(2)21-9-4-16(3)10-23(21)32-14-17-5-7-18(8-6-17)25(31)29-28-13-19-11-20(26)12-22(27)24(19)30/h4-13,15,30H,14H2,1-3H3,(H,29,31)/b28-13+. The van der Waals surface area contributed by atoms with E-state index in [2.05, 4.69) is 74.4 Å². The molecule has 0 aliphatic heterocycles. The predicted octanol–water partition coefficient (Wildman–Crippen LogP) is 6.69. The number of phenols is 1. The van der Waals surface area contributed by atoms with Crippen molar-refractivity contribution in [3.8, 4) is 11.5 Å². The number of hydrogen-bond donors (Lipinski definition) is 2. The topological polar surface area (TPSA) is 70.9 Å². The van der Waals surface area contributed by atoms with Gasteiger partial charge in [0.25, 0.3) is 5.91 Å². The minimum Gasteiger partial charge on any atom is -0.506 e. The fraction of sp³-hybridized carbons (Fsp3) is 0.200. The number of hydrazone groups is 1. The van der Waals surface area contributed by atoms with E-state index in [4.69, 9.17) is 4.74 Å². The molecule has 0 saturated carbocycles.